The van der Waals surface area contributed by atoms with Crippen LogP contribution in [0.4, 0.5) is 0 Å². The summed E-state index contributed by atoms with van der Waals surface area (Å²) in [7, 11) is 0. The first-order valence-electron chi connectivity index (χ1n) is 9.80. The van der Waals surface area contributed by atoms with Gasteiger partial charge in [-0.05, 0) is 42.7 Å². The first kappa shape index (κ1) is 18.5. The van der Waals surface area contributed by atoms with Crippen LogP contribution in [0.25, 0.3) is 22.2 Å². The second kappa shape index (κ2) is 7.73. The number of hydrazone groups is 1. The number of hydrogen-bond acceptors (Lipinski definition) is 3. The highest BCUT2D eigenvalue weighted by atomic mass is 35.5. The Morgan fingerprint density at radius 1 is 0.933 bits per heavy atom. The Labute approximate surface area is 179 Å². The van der Waals surface area contributed by atoms with E-state index in [2.05, 4.69) is 16.6 Å². The molecule has 5 heteroatoms. The van der Waals surface area contributed by atoms with E-state index in [4.69, 9.17) is 16.6 Å². The summed E-state index contributed by atoms with van der Waals surface area (Å²) in [4.78, 5) is 17.8. The maximum atomic E-state index is 13.1. The van der Waals surface area contributed by atoms with E-state index in [0.29, 0.717) is 10.6 Å². The van der Waals surface area contributed by atoms with Crippen LogP contribution < -0.4 is 5.43 Å². The van der Waals surface area contributed by atoms with Gasteiger partial charge in [-0.25, -0.2) is 10.4 Å². The monoisotopic (exact) mass is 411 g/mol. The number of amides is 1. The van der Waals surface area contributed by atoms with Gasteiger partial charge in [-0.1, -0.05) is 66.2 Å². The summed E-state index contributed by atoms with van der Waals surface area (Å²) in [5.41, 5.74) is 8.97. The molecule has 3 aromatic carbocycles. The molecule has 0 unspecified atom stereocenters. The van der Waals surface area contributed by atoms with Crippen molar-refractivity contribution in [3.05, 3.63) is 101 Å². The fourth-order valence-corrected chi connectivity index (χ4v) is 3.96. The Bertz CT molecular complexity index is 1300. The maximum absolute atomic E-state index is 13.1. The van der Waals surface area contributed by atoms with Crippen LogP contribution >= 0.6 is 11.6 Å². The molecular weight excluding hydrogens is 394 g/mol. The lowest BCUT2D eigenvalue weighted by molar-refractivity contribution is 0.0956. The number of nitrogens with one attached hydrogen (secondary N) is 1. The zero-order chi connectivity index (χ0) is 20.5. The zero-order valence-electron chi connectivity index (χ0n) is 16.1. The fraction of sp³-hybridized carbons (Fsp3) is 0.0800. The third-order valence-corrected chi connectivity index (χ3v) is 5.60. The molecule has 1 aliphatic rings. The molecule has 0 atom stereocenters. The molecule has 0 saturated heterocycles. The number of benzene rings is 3. The largest absolute Gasteiger partial charge is 0.272 e. The van der Waals surface area contributed by atoms with Gasteiger partial charge in [0.05, 0.1) is 22.5 Å². The Balaban J connectivity index is 1.52. The molecule has 1 aromatic heterocycles. The predicted octanol–water partition coefficient (Wildman–Crippen LogP) is 5.64. The molecule has 30 heavy (non-hydrogen) atoms. The maximum Gasteiger partial charge on any atom is 0.272 e. The van der Waals surface area contributed by atoms with Crippen LogP contribution in [0.1, 0.15) is 27.9 Å². The molecule has 0 bridgehead atoms. The van der Waals surface area contributed by atoms with Crippen LogP contribution in [0, 0.1) is 0 Å². The molecule has 0 aliphatic heterocycles. The van der Waals surface area contributed by atoms with E-state index in [1.165, 1.54) is 5.56 Å². The van der Waals surface area contributed by atoms with Gasteiger partial charge < -0.3 is 0 Å². The standard InChI is InChI=1S/C25H18ClN3O/c26-18-12-9-17(10-13-18)24-15-21(20-7-3-4-8-22(20)27-24)25(30)29-28-23-14-11-16-5-1-2-6-19(16)23/h1-10,12-13,15H,11,14H2,(H,29,30)/b28-23-. The summed E-state index contributed by atoms with van der Waals surface area (Å²) in [5, 5.41) is 5.89. The second-order valence-electron chi connectivity index (χ2n) is 7.24. The van der Waals surface area contributed by atoms with Gasteiger partial charge in [0, 0.05) is 21.5 Å². The highest BCUT2D eigenvalue weighted by Gasteiger charge is 2.18. The number of halogens is 1. The van der Waals surface area contributed by atoms with E-state index in [-0.39, 0.29) is 5.91 Å². The summed E-state index contributed by atoms with van der Waals surface area (Å²) < 4.78 is 0. The van der Waals surface area contributed by atoms with Gasteiger partial charge in [0.25, 0.3) is 5.91 Å². The van der Waals surface area contributed by atoms with Crippen molar-refractivity contribution in [1.82, 2.24) is 10.4 Å². The number of nitrogens with zero attached hydrogens (tertiary/aromatic N) is 2. The molecule has 0 radical (unpaired) electrons. The van der Waals surface area contributed by atoms with Crippen molar-refractivity contribution in [3.63, 3.8) is 0 Å². The minimum atomic E-state index is -0.249. The molecule has 0 spiro atoms. The van der Waals surface area contributed by atoms with Gasteiger partial charge in [0.15, 0.2) is 0 Å². The van der Waals surface area contributed by atoms with Crippen LogP contribution in [-0.2, 0) is 6.42 Å². The minimum absolute atomic E-state index is 0.249. The highest BCUT2D eigenvalue weighted by molar-refractivity contribution is 6.30. The van der Waals surface area contributed by atoms with Crippen LogP contribution in [-0.4, -0.2) is 16.6 Å². The van der Waals surface area contributed by atoms with Crippen molar-refractivity contribution >= 4 is 34.1 Å². The predicted molar refractivity (Wildman–Crippen MR) is 121 cm³/mol. The van der Waals surface area contributed by atoms with Gasteiger partial charge in [-0.3, -0.25) is 4.79 Å². The fourth-order valence-electron chi connectivity index (χ4n) is 3.83. The number of hydrogen-bond donors (Lipinski definition) is 1. The minimum Gasteiger partial charge on any atom is -0.267 e. The van der Waals surface area contributed by atoms with Crippen molar-refractivity contribution in [2.75, 3.05) is 0 Å². The molecule has 4 aromatic rings. The van der Waals surface area contributed by atoms with E-state index in [9.17, 15) is 4.79 Å². The Morgan fingerprint density at radius 3 is 2.57 bits per heavy atom. The molecule has 1 N–H and O–H groups in total. The van der Waals surface area contributed by atoms with E-state index in [0.717, 1.165) is 46.3 Å². The van der Waals surface area contributed by atoms with E-state index in [1.807, 2.05) is 72.8 Å². The van der Waals surface area contributed by atoms with Crippen molar-refractivity contribution < 1.29 is 4.79 Å². The number of para-hydroxylation sites is 1. The number of aryl methyl sites for hydroxylation is 1. The van der Waals surface area contributed by atoms with Gasteiger partial charge in [-0.2, -0.15) is 5.10 Å². The molecule has 0 fully saturated rings. The average molecular weight is 412 g/mol. The molecule has 1 aliphatic carbocycles. The molecule has 1 heterocycles. The van der Waals surface area contributed by atoms with Crippen LogP contribution in [0.15, 0.2) is 84.0 Å². The summed E-state index contributed by atoms with van der Waals surface area (Å²) >= 11 is 6.02. The van der Waals surface area contributed by atoms with E-state index in [1.54, 1.807) is 0 Å². The van der Waals surface area contributed by atoms with Crippen molar-refractivity contribution in [3.8, 4) is 11.3 Å². The Kier molecular flexibility index (Phi) is 4.77. The number of rotatable bonds is 3. The van der Waals surface area contributed by atoms with Gasteiger partial charge in [0.2, 0.25) is 0 Å². The number of fused-ring (bicyclic) bond motifs is 2. The van der Waals surface area contributed by atoms with Crippen molar-refractivity contribution in [2.24, 2.45) is 5.10 Å². The van der Waals surface area contributed by atoms with E-state index >= 15 is 0 Å². The number of aromatic nitrogens is 1. The summed E-state index contributed by atoms with van der Waals surface area (Å²) in [6, 6.07) is 25.1. The Morgan fingerprint density at radius 2 is 1.70 bits per heavy atom. The third kappa shape index (κ3) is 3.46. The molecular formula is C25H18ClN3O. The summed E-state index contributed by atoms with van der Waals surface area (Å²) in [5.74, 6) is -0.249. The van der Waals surface area contributed by atoms with Gasteiger partial charge in [0.1, 0.15) is 0 Å². The first-order chi connectivity index (χ1) is 14.7. The number of pyridine rings is 1. The zero-order valence-corrected chi connectivity index (χ0v) is 16.9. The lowest BCUT2D eigenvalue weighted by Gasteiger charge is -2.09. The first-order valence-corrected chi connectivity index (χ1v) is 10.2. The molecule has 1 amide bonds. The van der Waals surface area contributed by atoms with Crippen LogP contribution in [0.2, 0.25) is 5.02 Å². The normalized spacial score (nSPS) is 14.1. The van der Waals surface area contributed by atoms with Gasteiger partial charge >= 0.3 is 0 Å². The molecule has 5 rings (SSSR count). The second-order valence-corrected chi connectivity index (χ2v) is 7.67. The molecule has 0 saturated carbocycles. The highest BCUT2D eigenvalue weighted by Crippen LogP contribution is 2.26. The average Bonchev–Trinajstić information content (AvgIpc) is 3.20. The smallest absolute Gasteiger partial charge is 0.267 e. The summed E-state index contributed by atoms with van der Waals surface area (Å²) in [6.07, 6.45) is 1.77. The number of carbonyl (C=O) groups excluding carboxylic acids is 1. The van der Waals surface area contributed by atoms with Crippen molar-refractivity contribution in [2.45, 2.75) is 12.8 Å². The lowest BCUT2D eigenvalue weighted by Crippen LogP contribution is -2.20. The van der Waals surface area contributed by atoms with Crippen molar-refractivity contribution in [1.29, 1.82) is 0 Å². The molecule has 4 nitrogen and oxygen atoms in total. The van der Waals surface area contributed by atoms with Crippen LogP contribution in [0.3, 0.4) is 0 Å². The Hall–Kier alpha value is -3.50. The number of carbonyl (C=O) groups is 1. The molecule has 146 valence electrons. The summed E-state index contributed by atoms with van der Waals surface area (Å²) in [6.45, 7) is 0. The quantitative estimate of drug-likeness (QED) is 0.444. The lowest BCUT2D eigenvalue weighted by atomic mass is 10.0. The SMILES string of the molecule is O=C(N/N=C1/CCc2ccccc21)c1cc(-c2ccc(Cl)cc2)nc2ccccc12. The topological polar surface area (TPSA) is 54.4 Å². The van der Waals surface area contributed by atoms with E-state index < -0.39 is 0 Å². The van der Waals surface area contributed by atoms with Crippen LogP contribution in [0.5, 0.6) is 0 Å². The third-order valence-electron chi connectivity index (χ3n) is 5.35. The van der Waals surface area contributed by atoms with Gasteiger partial charge in [-0.15, -0.1) is 0 Å².